The average Bonchev–Trinajstić information content (AvgIpc) is 3.42. The van der Waals surface area contributed by atoms with Crippen LogP contribution < -0.4 is 0 Å². The average molecular weight is 422 g/mol. The fraction of sp³-hybridized carbons (Fsp3) is 0.400. The zero-order chi connectivity index (χ0) is 16.5. The molecule has 3 nitrogen and oxygen atoms in total. The minimum atomic E-state index is 0. The predicted octanol–water partition coefficient (Wildman–Crippen LogP) is 4.64. The largest absolute Gasteiger partial charge is 0.504 e. The maximum absolute atomic E-state index is 10.4. The van der Waals surface area contributed by atoms with Crippen LogP contribution in [0, 0.1) is 5.92 Å². The number of fused-ring (bicyclic) bond motifs is 1. The van der Waals surface area contributed by atoms with Gasteiger partial charge in [-0.1, -0.05) is 30.0 Å². The summed E-state index contributed by atoms with van der Waals surface area (Å²) in [6.07, 6.45) is 4.63. The SMILES string of the molecule is Br.Oc1cc2c(c(Sc3ccccc3)c1O)CCN(CC1CC1)CC2. The molecule has 0 amide bonds. The highest BCUT2D eigenvalue weighted by atomic mass is 79.9. The summed E-state index contributed by atoms with van der Waals surface area (Å²) < 4.78 is 0. The first-order chi connectivity index (χ1) is 11.7. The molecule has 0 spiro atoms. The van der Waals surface area contributed by atoms with E-state index in [0.717, 1.165) is 41.6 Å². The molecule has 5 heteroatoms. The van der Waals surface area contributed by atoms with Gasteiger partial charge in [0.05, 0.1) is 4.90 Å². The van der Waals surface area contributed by atoms with Gasteiger partial charge in [-0.3, -0.25) is 0 Å². The topological polar surface area (TPSA) is 43.7 Å². The summed E-state index contributed by atoms with van der Waals surface area (Å²) in [5.74, 6) is 0.923. The summed E-state index contributed by atoms with van der Waals surface area (Å²) in [5, 5.41) is 20.6. The van der Waals surface area contributed by atoms with E-state index in [4.69, 9.17) is 0 Å². The van der Waals surface area contributed by atoms with Gasteiger partial charge in [-0.05, 0) is 60.9 Å². The number of halogens is 1. The van der Waals surface area contributed by atoms with E-state index in [0.29, 0.717) is 0 Å². The summed E-state index contributed by atoms with van der Waals surface area (Å²) in [7, 11) is 0. The standard InChI is InChI=1S/C20H23NO2S.BrH/c22-18-12-15-8-10-21(13-14-6-7-14)11-9-17(15)20(19(18)23)24-16-4-2-1-3-5-16;/h1-5,12,14,22-23H,6-11,13H2;1H. The van der Waals surface area contributed by atoms with E-state index in [2.05, 4.69) is 4.90 Å². The zero-order valence-electron chi connectivity index (χ0n) is 14.1. The third-order valence-corrected chi connectivity index (χ3v) is 6.13. The van der Waals surface area contributed by atoms with Gasteiger partial charge in [0.1, 0.15) is 0 Å². The van der Waals surface area contributed by atoms with Gasteiger partial charge in [-0.15, -0.1) is 17.0 Å². The highest BCUT2D eigenvalue weighted by Gasteiger charge is 2.27. The Morgan fingerprint density at radius 3 is 2.48 bits per heavy atom. The Morgan fingerprint density at radius 1 is 1.04 bits per heavy atom. The van der Waals surface area contributed by atoms with E-state index >= 15 is 0 Å². The van der Waals surface area contributed by atoms with Crippen LogP contribution >= 0.6 is 28.7 Å². The second-order valence-electron chi connectivity index (χ2n) is 6.87. The maximum Gasteiger partial charge on any atom is 0.171 e. The summed E-state index contributed by atoms with van der Waals surface area (Å²) in [5.41, 5.74) is 2.39. The number of phenols is 2. The smallest absolute Gasteiger partial charge is 0.171 e. The Labute approximate surface area is 163 Å². The monoisotopic (exact) mass is 421 g/mol. The van der Waals surface area contributed by atoms with E-state index in [9.17, 15) is 10.2 Å². The molecule has 2 N–H and O–H groups in total. The molecule has 134 valence electrons. The van der Waals surface area contributed by atoms with Crippen LogP contribution in [0.1, 0.15) is 24.0 Å². The van der Waals surface area contributed by atoms with E-state index in [1.54, 1.807) is 17.8 Å². The lowest BCUT2D eigenvalue weighted by Gasteiger charge is -2.19. The highest BCUT2D eigenvalue weighted by molar-refractivity contribution is 8.93. The first-order valence-corrected chi connectivity index (χ1v) is 9.54. The van der Waals surface area contributed by atoms with Gasteiger partial charge in [0.25, 0.3) is 0 Å². The molecule has 1 heterocycles. The Kier molecular flexibility index (Phi) is 5.97. The molecule has 25 heavy (non-hydrogen) atoms. The number of benzene rings is 2. The van der Waals surface area contributed by atoms with E-state index in [-0.39, 0.29) is 28.5 Å². The van der Waals surface area contributed by atoms with Gasteiger partial charge in [-0.25, -0.2) is 0 Å². The summed E-state index contributed by atoms with van der Waals surface area (Å²) in [6.45, 7) is 3.28. The van der Waals surface area contributed by atoms with E-state index in [1.807, 2.05) is 30.3 Å². The molecular formula is C20H24BrNO2S. The molecule has 2 aromatic rings. The molecular weight excluding hydrogens is 398 g/mol. The van der Waals surface area contributed by atoms with Crippen molar-refractivity contribution in [1.29, 1.82) is 0 Å². The Bertz CT molecular complexity index is 734. The number of rotatable bonds is 4. The van der Waals surface area contributed by atoms with E-state index in [1.165, 1.54) is 30.5 Å². The molecule has 0 radical (unpaired) electrons. The molecule has 2 aromatic carbocycles. The third-order valence-electron chi connectivity index (χ3n) is 4.98. The third kappa shape index (κ3) is 4.33. The highest BCUT2D eigenvalue weighted by Crippen LogP contribution is 2.44. The van der Waals surface area contributed by atoms with Crippen LogP contribution in [0.4, 0.5) is 0 Å². The second kappa shape index (κ2) is 8.02. The van der Waals surface area contributed by atoms with Crippen molar-refractivity contribution in [3.8, 4) is 11.5 Å². The second-order valence-corrected chi connectivity index (χ2v) is 7.95. The number of hydrogen-bond acceptors (Lipinski definition) is 4. The van der Waals surface area contributed by atoms with Gasteiger partial charge in [0.2, 0.25) is 0 Å². The van der Waals surface area contributed by atoms with Crippen molar-refractivity contribution < 1.29 is 10.2 Å². The van der Waals surface area contributed by atoms with Gasteiger partial charge in [-0.2, -0.15) is 0 Å². The number of nitrogens with zero attached hydrogens (tertiary/aromatic N) is 1. The molecule has 1 saturated carbocycles. The van der Waals surface area contributed by atoms with Crippen LogP contribution in [0.25, 0.3) is 0 Å². The predicted molar refractivity (Wildman–Crippen MR) is 107 cm³/mol. The van der Waals surface area contributed by atoms with Crippen LogP contribution in [-0.2, 0) is 12.8 Å². The fourth-order valence-electron chi connectivity index (χ4n) is 3.45. The number of aromatic hydroxyl groups is 2. The molecule has 1 aliphatic heterocycles. The molecule has 0 unspecified atom stereocenters. The van der Waals surface area contributed by atoms with Gasteiger partial charge in [0.15, 0.2) is 11.5 Å². The Morgan fingerprint density at radius 2 is 1.76 bits per heavy atom. The van der Waals surface area contributed by atoms with Crippen LogP contribution in [0.15, 0.2) is 46.2 Å². The summed E-state index contributed by atoms with van der Waals surface area (Å²) in [4.78, 5) is 4.45. The first kappa shape index (κ1) is 18.6. The molecule has 2 aliphatic rings. The van der Waals surface area contributed by atoms with Crippen molar-refractivity contribution in [3.63, 3.8) is 0 Å². The lowest BCUT2D eigenvalue weighted by Crippen LogP contribution is -2.28. The quantitative estimate of drug-likeness (QED) is 0.705. The van der Waals surface area contributed by atoms with Crippen molar-refractivity contribution in [3.05, 3.63) is 47.5 Å². The van der Waals surface area contributed by atoms with Crippen molar-refractivity contribution >= 4 is 28.7 Å². The van der Waals surface area contributed by atoms with Crippen molar-refractivity contribution in [2.24, 2.45) is 5.92 Å². The Hall–Kier alpha value is -1.17. The molecule has 1 fully saturated rings. The van der Waals surface area contributed by atoms with Crippen LogP contribution in [-0.4, -0.2) is 34.7 Å². The normalized spacial score (nSPS) is 17.4. The van der Waals surface area contributed by atoms with Crippen LogP contribution in [0.3, 0.4) is 0 Å². The van der Waals surface area contributed by atoms with Crippen molar-refractivity contribution in [2.45, 2.75) is 35.5 Å². The van der Waals surface area contributed by atoms with Gasteiger partial charge in [0, 0.05) is 24.5 Å². The number of phenolic OH excluding ortho intramolecular Hbond substituents is 2. The Balaban J connectivity index is 0.00000182. The lowest BCUT2D eigenvalue weighted by atomic mass is 10.0. The fourth-order valence-corrected chi connectivity index (χ4v) is 4.53. The molecule has 0 bridgehead atoms. The summed E-state index contributed by atoms with van der Waals surface area (Å²) >= 11 is 1.55. The van der Waals surface area contributed by atoms with E-state index < -0.39 is 0 Å². The number of hydrogen-bond donors (Lipinski definition) is 2. The van der Waals surface area contributed by atoms with Crippen LogP contribution in [0.5, 0.6) is 11.5 Å². The minimum Gasteiger partial charge on any atom is -0.504 e. The molecule has 1 aliphatic carbocycles. The van der Waals surface area contributed by atoms with Crippen molar-refractivity contribution in [1.82, 2.24) is 4.90 Å². The molecule has 0 atom stereocenters. The lowest BCUT2D eigenvalue weighted by molar-refractivity contribution is 0.275. The molecule has 0 aromatic heterocycles. The van der Waals surface area contributed by atoms with Gasteiger partial charge >= 0.3 is 0 Å². The van der Waals surface area contributed by atoms with Crippen LogP contribution in [0.2, 0.25) is 0 Å². The molecule has 4 rings (SSSR count). The summed E-state index contributed by atoms with van der Waals surface area (Å²) in [6, 6.07) is 11.8. The molecule has 0 saturated heterocycles. The minimum absolute atomic E-state index is 0. The zero-order valence-corrected chi connectivity index (χ0v) is 16.7. The maximum atomic E-state index is 10.4. The van der Waals surface area contributed by atoms with Gasteiger partial charge < -0.3 is 15.1 Å². The first-order valence-electron chi connectivity index (χ1n) is 8.72. The van der Waals surface area contributed by atoms with Crippen molar-refractivity contribution in [2.75, 3.05) is 19.6 Å².